The van der Waals surface area contributed by atoms with Crippen molar-refractivity contribution in [3.63, 3.8) is 0 Å². The van der Waals surface area contributed by atoms with Crippen LogP contribution in [0, 0.1) is 0 Å². The summed E-state index contributed by atoms with van der Waals surface area (Å²) in [5.41, 5.74) is 2.88. The highest BCUT2D eigenvalue weighted by Crippen LogP contribution is 2.26. The van der Waals surface area contributed by atoms with Crippen LogP contribution in [0.25, 0.3) is 0 Å². The van der Waals surface area contributed by atoms with Crippen molar-refractivity contribution in [2.75, 3.05) is 20.2 Å². The van der Waals surface area contributed by atoms with Gasteiger partial charge in [0.25, 0.3) is 0 Å². The Kier molecular flexibility index (Phi) is 4.87. The highest BCUT2D eigenvalue weighted by Gasteiger charge is 2.09. The Morgan fingerprint density at radius 2 is 2.18 bits per heavy atom. The summed E-state index contributed by atoms with van der Waals surface area (Å²) in [7, 11) is 2.02. The average molecular weight is 233 g/mol. The van der Waals surface area contributed by atoms with Crippen LogP contribution in [0.3, 0.4) is 0 Å². The maximum absolute atomic E-state index is 5.63. The lowest BCUT2D eigenvalue weighted by molar-refractivity contribution is 0.288. The van der Waals surface area contributed by atoms with E-state index in [2.05, 4.69) is 23.5 Å². The minimum atomic E-state index is 0.885. The lowest BCUT2D eigenvalue weighted by Crippen LogP contribution is -2.08. The van der Waals surface area contributed by atoms with Gasteiger partial charge in [-0.15, -0.1) is 0 Å². The van der Waals surface area contributed by atoms with E-state index in [0.717, 1.165) is 18.9 Å². The Labute approximate surface area is 104 Å². The van der Waals surface area contributed by atoms with Crippen molar-refractivity contribution in [1.29, 1.82) is 0 Å². The molecule has 1 aliphatic heterocycles. The summed E-state index contributed by atoms with van der Waals surface area (Å²) in [6.45, 7) is 2.02. The molecule has 0 aliphatic carbocycles. The first-order chi connectivity index (χ1) is 8.40. The van der Waals surface area contributed by atoms with Gasteiger partial charge < -0.3 is 10.1 Å². The number of unbranched alkanes of at least 4 members (excludes halogenated alkanes) is 2. The van der Waals surface area contributed by atoms with Crippen molar-refractivity contribution >= 4 is 0 Å². The van der Waals surface area contributed by atoms with Gasteiger partial charge in [-0.25, -0.2) is 0 Å². The molecule has 0 bridgehead atoms. The van der Waals surface area contributed by atoms with Gasteiger partial charge >= 0.3 is 0 Å². The van der Waals surface area contributed by atoms with E-state index in [1.165, 1.54) is 49.7 Å². The third-order valence-corrected chi connectivity index (χ3v) is 3.37. The number of benzene rings is 1. The molecule has 1 aromatic carbocycles. The number of fused-ring (bicyclic) bond motifs is 1. The summed E-state index contributed by atoms with van der Waals surface area (Å²) in [6, 6.07) is 6.71. The fourth-order valence-corrected chi connectivity index (χ4v) is 2.38. The summed E-state index contributed by atoms with van der Waals surface area (Å²) >= 11 is 0. The molecule has 0 fully saturated rings. The van der Waals surface area contributed by atoms with Crippen LogP contribution in [0.15, 0.2) is 18.2 Å². The molecule has 0 unspecified atom stereocenters. The van der Waals surface area contributed by atoms with Crippen LogP contribution >= 0.6 is 0 Å². The van der Waals surface area contributed by atoms with Crippen molar-refractivity contribution in [1.82, 2.24) is 5.32 Å². The van der Waals surface area contributed by atoms with Gasteiger partial charge in [-0.2, -0.15) is 0 Å². The van der Waals surface area contributed by atoms with E-state index in [9.17, 15) is 0 Å². The van der Waals surface area contributed by atoms with E-state index in [-0.39, 0.29) is 0 Å². The van der Waals surface area contributed by atoms with Crippen LogP contribution in [0.5, 0.6) is 5.75 Å². The first kappa shape index (κ1) is 12.4. The van der Waals surface area contributed by atoms with Crippen molar-refractivity contribution < 1.29 is 4.74 Å². The van der Waals surface area contributed by atoms with Gasteiger partial charge in [-0.3, -0.25) is 0 Å². The van der Waals surface area contributed by atoms with Gasteiger partial charge in [0.15, 0.2) is 0 Å². The number of rotatable bonds is 6. The quantitative estimate of drug-likeness (QED) is 0.763. The first-order valence-corrected chi connectivity index (χ1v) is 6.79. The third kappa shape index (κ3) is 3.74. The molecule has 2 rings (SSSR count). The molecule has 0 radical (unpaired) electrons. The highest BCUT2D eigenvalue weighted by atomic mass is 16.5. The predicted molar refractivity (Wildman–Crippen MR) is 71.7 cm³/mol. The van der Waals surface area contributed by atoms with E-state index < -0.39 is 0 Å². The van der Waals surface area contributed by atoms with E-state index >= 15 is 0 Å². The summed E-state index contributed by atoms with van der Waals surface area (Å²) in [4.78, 5) is 0. The van der Waals surface area contributed by atoms with Crippen molar-refractivity contribution in [2.24, 2.45) is 0 Å². The third-order valence-electron chi connectivity index (χ3n) is 3.37. The summed E-state index contributed by atoms with van der Waals surface area (Å²) in [5.74, 6) is 1.11. The summed E-state index contributed by atoms with van der Waals surface area (Å²) in [5, 5.41) is 3.19. The van der Waals surface area contributed by atoms with Crippen LogP contribution in [-0.2, 0) is 12.8 Å². The molecular weight excluding hydrogens is 210 g/mol. The SMILES string of the molecule is CNCCCCCc1ccc2c(c1)CCCO2. The van der Waals surface area contributed by atoms with Crippen LogP contribution < -0.4 is 10.1 Å². The predicted octanol–water partition coefficient (Wildman–Crippen LogP) is 2.94. The molecule has 0 aromatic heterocycles. The fraction of sp³-hybridized carbons (Fsp3) is 0.600. The number of nitrogens with one attached hydrogen (secondary N) is 1. The van der Waals surface area contributed by atoms with E-state index in [1.807, 2.05) is 7.05 Å². The molecule has 1 heterocycles. The summed E-state index contributed by atoms with van der Waals surface area (Å²) < 4.78 is 5.63. The fourth-order valence-electron chi connectivity index (χ4n) is 2.38. The van der Waals surface area contributed by atoms with Crippen molar-refractivity contribution in [3.05, 3.63) is 29.3 Å². The molecule has 1 aromatic rings. The zero-order valence-corrected chi connectivity index (χ0v) is 10.8. The second-order valence-electron chi connectivity index (χ2n) is 4.81. The Bertz CT molecular complexity index is 349. The normalized spacial score (nSPS) is 14.2. The number of aryl methyl sites for hydroxylation is 2. The van der Waals surface area contributed by atoms with Gasteiger partial charge in [0.1, 0.15) is 5.75 Å². The Morgan fingerprint density at radius 1 is 1.24 bits per heavy atom. The minimum absolute atomic E-state index is 0.885. The molecule has 17 heavy (non-hydrogen) atoms. The molecule has 2 nitrogen and oxygen atoms in total. The van der Waals surface area contributed by atoms with Gasteiger partial charge in [-0.1, -0.05) is 18.6 Å². The molecule has 0 saturated carbocycles. The van der Waals surface area contributed by atoms with Crippen molar-refractivity contribution in [3.8, 4) is 5.75 Å². The number of hydrogen-bond donors (Lipinski definition) is 1. The Balaban J connectivity index is 1.81. The number of hydrogen-bond acceptors (Lipinski definition) is 2. The lowest BCUT2D eigenvalue weighted by atomic mass is 10.00. The zero-order chi connectivity index (χ0) is 11.9. The molecule has 1 N–H and O–H groups in total. The monoisotopic (exact) mass is 233 g/mol. The smallest absolute Gasteiger partial charge is 0.122 e. The minimum Gasteiger partial charge on any atom is -0.493 e. The average Bonchev–Trinajstić information content (AvgIpc) is 2.38. The first-order valence-electron chi connectivity index (χ1n) is 6.79. The molecule has 0 saturated heterocycles. The molecule has 94 valence electrons. The zero-order valence-electron chi connectivity index (χ0n) is 10.8. The maximum Gasteiger partial charge on any atom is 0.122 e. The molecule has 1 aliphatic rings. The largest absolute Gasteiger partial charge is 0.493 e. The molecule has 0 spiro atoms. The molecule has 0 atom stereocenters. The van der Waals surface area contributed by atoms with Crippen LogP contribution in [0.1, 0.15) is 36.8 Å². The maximum atomic E-state index is 5.63. The standard InChI is InChI=1S/C15H23NO/c1-16-10-4-2-3-6-13-8-9-15-14(12-13)7-5-11-17-15/h8-9,12,16H,2-7,10-11H2,1H3. The Morgan fingerprint density at radius 3 is 3.06 bits per heavy atom. The van der Waals surface area contributed by atoms with Gasteiger partial charge in [0, 0.05) is 0 Å². The molecule has 0 amide bonds. The van der Waals surface area contributed by atoms with Crippen molar-refractivity contribution in [2.45, 2.75) is 38.5 Å². The highest BCUT2D eigenvalue weighted by molar-refractivity contribution is 5.38. The van der Waals surface area contributed by atoms with Crippen LogP contribution in [-0.4, -0.2) is 20.2 Å². The molecular formula is C15H23NO. The van der Waals surface area contributed by atoms with E-state index in [0.29, 0.717) is 0 Å². The lowest BCUT2D eigenvalue weighted by Gasteiger charge is -2.17. The topological polar surface area (TPSA) is 21.3 Å². The molecule has 2 heteroatoms. The van der Waals surface area contributed by atoms with Crippen LogP contribution in [0.4, 0.5) is 0 Å². The second-order valence-corrected chi connectivity index (χ2v) is 4.81. The number of ether oxygens (including phenoxy) is 1. The van der Waals surface area contributed by atoms with Crippen LogP contribution in [0.2, 0.25) is 0 Å². The van der Waals surface area contributed by atoms with E-state index in [4.69, 9.17) is 4.74 Å². The second kappa shape index (κ2) is 6.65. The summed E-state index contributed by atoms with van der Waals surface area (Å²) in [6.07, 6.45) is 7.44. The Hall–Kier alpha value is -1.02. The van der Waals surface area contributed by atoms with Gasteiger partial charge in [0.05, 0.1) is 6.61 Å². The van der Waals surface area contributed by atoms with Gasteiger partial charge in [0.2, 0.25) is 0 Å². The van der Waals surface area contributed by atoms with E-state index in [1.54, 1.807) is 0 Å². The van der Waals surface area contributed by atoms with Gasteiger partial charge in [-0.05, 0) is 62.9 Å².